The second-order valence-electron chi connectivity index (χ2n) is 4.50. The van der Waals surface area contributed by atoms with E-state index in [9.17, 15) is 14.0 Å². The summed E-state index contributed by atoms with van der Waals surface area (Å²) in [5, 5.41) is 13.8. The van der Waals surface area contributed by atoms with Crippen molar-refractivity contribution in [2.45, 2.75) is 13.8 Å². The molecule has 0 heterocycles. The third-order valence-corrected chi connectivity index (χ3v) is 2.37. The molecule has 0 atom stereocenters. The first-order chi connectivity index (χ1) is 8.31. The van der Waals surface area contributed by atoms with Gasteiger partial charge in [-0.3, -0.25) is 4.79 Å². The number of urea groups is 1. The Balaban J connectivity index is 2.48. The summed E-state index contributed by atoms with van der Waals surface area (Å²) in [6.45, 7) is 3.01. The highest BCUT2D eigenvalue weighted by Crippen LogP contribution is 2.13. The van der Waals surface area contributed by atoms with Crippen LogP contribution in [-0.4, -0.2) is 23.7 Å². The normalized spacial score (nSPS) is 10.8. The molecule has 0 saturated heterocycles. The van der Waals surface area contributed by atoms with Gasteiger partial charge in [0.1, 0.15) is 5.82 Å². The van der Waals surface area contributed by atoms with Crippen LogP contribution in [0.4, 0.5) is 14.9 Å². The highest BCUT2D eigenvalue weighted by Gasteiger charge is 2.27. The third-order valence-electron chi connectivity index (χ3n) is 2.37. The summed E-state index contributed by atoms with van der Waals surface area (Å²) in [4.78, 5) is 22.3. The lowest BCUT2D eigenvalue weighted by atomic mass is 9.94. The largest absolute Gasteiger partial charge is 0.481 e. The van der Waals surface area contributed by atoms with Crippen LogP contribution in [0, 0.1) is 11.2 Å². The maximum absolute atomic E-state index is 12.6. The Hall–Kier alpha value is -2.11. The fraction of sp³-hybridized carbons (Fsp3) is 0.333. The summed E-state index contributed by atoms with van der Waals surface area (Å²) >= 11 is 0. The van der Waals surface area contributed by atoms with E-state index in [2.05, 4.69) is 10.6 Å². The molecule has 0 bridgehead atoms. The number of halogens is 1. The maximum Gasteiger partial charge on any atom is 0.319 e. The van der Waals surface area contributed by atoms with Crippen molar-refractivity contribution in [1.29, 1.82) is 0 Å². The van der Waals surface area contributed by atoms with Gasteiger partial charge < -0.3 is 15.7 Å². The highest BCUT2D eigenvalue weighted by molar-refractivity contribution is 5.89. The van der Waals surface area contributed by atoms with Gasteiger partial charge in [0.25, 0.3) is 0 Å². The van der Waals surface area contributed by atoms with Gasteiger partial charge in [-0.1, -0.05) is 0 Å². The van der Waals surface area contributed by atoms with Crippen LogP contribution in [0.3, 0.4) is 0 Å². The molecule has 0 radical (unpaired) electrons. The van der Waals surface area contributed by atoms with Crippen LogP contribution in [0.2, 0.25) is 0 Å². The maximum atomic E-state index is 12.6. The monoisotopic (exact) mass is 254 g/mol. The first-order valence-corrected chi connectivity index (χ1v) is 5.35. The smallest absolute Gasteiger partial charge is 0.319 e. The Morgan fingerprint density at radius 3 is 2.33 bits per heavy atom. The number of rotatable bonds is 4. The number of carboxylic acids is 1. The number of anilines is 1. The number of aliphatic carboxylic acids is 1. The van der Waals surface area contributed by atoms with E-state index in [0.717, 1.165) is 0 Å². The predicted molar refractivity (Wildman–Crippen MR) is 64.8 cm³/mol. The van der Waals surface area contributed by atoms with Crippen molar-refractivity contribution in [1.82, 2.24) is 5.32 Å². The summed E-state index contributed by atoms with van der Waals surface area (Å²) in [6, 6.07) is 4.73. The average molecular weight is 254 g/mol. The molecule has 0 unspecified atom stereocenters. The van der Waals surface area contributed by atoms with E-state index in [4.69, 9.17) is 5.11 Å². The second kappa shape index (κ2) is 5.48. The molecule has 0 aliphatic heterocycles. The molecule has 1 rings (SSSR count). The lowest BCUT2D eigenvalue weighted by Crippen LogP contribution is -2.40. The highest BCUT2D eigenvalue weighted by atomic mass is 19.1. The molecule has 0 saturated carbocycles. The lowest BCUT2D eigenvalue weighted by Gasteiger charge is -2.19. The van der Waals surface area contributed by atoms with Gasteiger partial charge in [-0.2, -0.15) is 0 Å². The van der Waals surface area contributed by atoms with Crippen LogP contribution in [-0.2, 0) is 4.79 Å². The molecular formula is C12H15FN2O3. The van der Waals surface area contributed by atoms with E-state index >= 15 is 0 Å². The van der Waals surface area contributed by atoms with Crippen LogP contribution in [0.15, 0.2) is 24.3 Å². The number of carboxylic acid groups (broad SMARTS) is 1. The van der Waals surface area contributed by atoms with Crippen LogP contribution in [0.1, 0.15) is 13.8 Å². The zero-order chi connectivity index (χ0) is 13.8. The molecule has 6 heteroatoms. The first kappa shape index (κ1) is 14.0. The molecule has 18 heavy (non-hydrogen) atoms. The fourth-order valence-electron chi connectivity index (χ4n) is 1.09. The molecule has 98 valence electrons. The van der Waals surface area contributed by atoms with E-state index in [-0.39, 0.29) is 6.54 Å². The SMILES string of the molecule is CC(C)(CNC(=O)Nc1ccc(F)cc1)C(=O)O. The Labute approximate surface area is 104 Å². The van der Waals surface area contributed by atoms with Gasteiger partial charge in [0, 0.05) is 12.2 Å². The molecule has 2 amide bonds. The minimum absolute atomic E-state index is 0.00460. The number of hydrogen-bond donors (Lipinski definition) is 3. The predicted octanol–water partition coefficient (Wildman–Crippen LogP) is 2.06. The topological polar surface area (TPSA) is 78.4 Å². The number of hydrogen-bond acceptors (Lipinski definition) is 2. The number of benzene rings is 1. The van der Waals surface area contributed by atoms with Gasteiger partial charge >= 0.3 is 12.0 Å². The number of carbonyl (C=O) groups excluding carboxylic acids is 1. The molecule has 1 aromatic carbocycles. The zero-order valence-electron chi connectivity index (χ0n) is 10.2. The summed E-state index contributed by atoms with van der Waals surface area (Å²) in [7, 11) is 0. The van der Waals surface area contributed by atoms with E-state index in [1.165, 1.54) is 38.1 Å². The van der Waals surface area contributed by atoms with Crippen LogP contribution < -0.4 is 10.6 Å². The van der Waals surface area contributed by atoms with E-state index in [1.54, 1.807) is 0 Å². The van der Waals surface area contributed by atoms with Crippen molar-refractivity contribution in [3.63, 3.8) is 0 Å². The van der Waals surface area contributed by atoms with Crippen molar-refractivity contribution in [3.8, 4) is 0 Å². The quantitative estimate of drug-likeness (QED) is 0.769. The van der Waals surface area contributed by atoms with E-state index in [0.29, 0.717) is 5.69 Å². The summed E-state index contributed by atoms with van der Waals surface area (Å²) < 4.78 is 12.6. The van der Waals surface area contributed by atoms with E-state index < -0.39 is 23.2 Å². The minimum atomic E-state index is -1.04. The van der Waals surface area contributed by atoms with Crippen LogP contribution in [0.25, 0.3) is 0 Å². The number of carbonyl (C=O) groups is 2. The molecule has 5 nitrogen and oxygen atoms in total. The first-order valence-electron chi connectivity index (χ1n) is 5.35. The number of nitrogens with one attached hydrogen (secondary N) is 2. The van der Waals surface area contributed by atoms with Crippen molar-refractivity contribution < 1.29 is 19.1 Å². The molecule has 3 N–H and O–H groups in total. The Morgan fingerprint density at radius 1 is 1.28 bits per heavy atom. The van der Waals surface area contributed by atoms with Gasteiger partial charge in [0.2, 0.25) is 0 Å². The minimum Gasteiger partial charge on any atom is -0.481 e. The summed E-state index contributed by atoms with van der Waals surface area (Å²) in [5.41, 5.74) is -0.609. The van der Waals surface area contributed by atoms with E-state index in [1.807, 2.05) is 0 Å². The Bertz CT molecular complexity index is 443. The van der Waals surface area contributed by atoms with Crippen molar-refractivity contribution in [2.75, 3.05) is 11.9 Å². The zero-order valence-corrected chi connectivity index (χ0v) is 10.2. The van der Waals surface area contributed by atoms with Crippen molar-refractivity contribution >= 4 is 17.7 Å². The molecule has 0 fully saturated rings. The standard InChI is InChI=1S/C12H15FN2O3/c1-12(2,10(16)17)7-14-11(18)15-9-5-3-8(13)4-6-9/h3-6H,7H2,1-2H3,(H,16,17)(H2,14,15,18). The average Bonchev–Trinajstić information content (AvgIpc) is 2.29. The van der Waals surface area contributed by atoms with Crippen LogP contribution in [0.5, 0.6) is 0 Å². The molecule has 0 aromatic heterocycles. The third kappa shape index (κ3) is 4.04. The molecular weight excluding hydrogens is 239 g/mol. The molecule has 0 spiro atoms. The Morgan fingerprint density at radius 2 is 1.83 bits per heavy atom. The lowest BCUT2D eigenvalue weighted by molar-refractivity contribution is -0.146. The van der Waals surface area contributed by atoms with Gasteiger partial charge in [0.05, 0.1) is 5.41 Å². The second-order valence-corrected chi connectivity index (χ2v) is 4.50. The van der Waals surface area contributed by atoms with Gasteiger partial charge in [-0.25, -0.2) is 9.18 Å². The Kier molecular flexibility index (Phi) is 4.25. The molecule has 0 aliphatic carbocycles. The summed E-state index contributed by atoms with van der Waals surface area (Å²) in [5.74, 6) is -1.39. The van der Waals surface area contributed by atoms with Gasteiger partial charge in [-0.05, 0) is 38.1 Å². The van der Waals surface area contributed by atoms with Crippen LogP contribution >= 0.6 is 0 Å². The van der Waals surface area contributed by atoms with Gasteiger partial charge in [-0.15, -0.1) is 0 Å². The fourth-order valence-corrected chi connectivity index (χ4v) is 1.09. The number of amides is 2. The van der Waals surface area contributed by atoms with Crippen molar-refractivity contribution in [3.05, 3.63) is 30.1 Å². The van der Waals surface area contributed by atoms with Crippen molar-refractivity contribution in [2.24, 2.45) is 5.41 Å². The van der Waals surface area contributed by atoms with Gasteiger partial charge in [0.15, 0.2) is 0 Å². The molecule has 1 aromatic rings. The molecule has 0 aliphatic rings. The summed E-state index contributed by atoms with van der Waals surface area (Å²) in [6.07, 6.45) is 0.